The summed E-state index contributed by atoms with van der Waals surface area (Å²) in [6.07, 6.45) is 1.85. The molecule has 2 heterocycles. The molecule has 2 saturated heterocycles. The van der Waals surface area contributed by atoms with Crippen molar-refractivity contribution in [3.8, 4) is 6.07 Å². The van der Waals surface area contributed by atoms with Crippen LogP contribution in [0.25, 0.3) is 0 Å². The van der Waals surface area contributed by atoms with Crippen molar-refractivity contribution in [3.05, 3.63) is 34.9 Å². The monoisotopic (exact) mass is 257 g/mol. The average molecular weight is 257 g/mol. The van der Waals surface area contributed by atoms with Crippen LogP contribution in [0.3, 0.4) is 0 Å². The van der Waals surface area contributed by atoms with Crippen molar-refractivity contribution in [2.45, 2.75) is 51.4 Å². The molecule has 100 valence electrons. The van der Waals surface area contributed by atoms with Crippen LogP contribution in [0.4, 0.5) is 0 Å². The Balaban J connectivity index is 1.96. The van der Waals surface area contributed by atoms with E-state index in [1.807, 2.05) is 32.0 Å². The van der Waals surface area contributed by atoms with Crippen molar-refractivity contribution >= 4 is 0 Å². The standard InChI is InChI=1S/C16H19NO2/c1-10-3-4-12(7-11(10)2)15(18)16(9-17)8-13-5-6-14(16)19-13/h3-4,7,13-15,18H,5-6,8H2,1-2H3. The maximum absolute atomic E-state index is 10.7. The first-order chi connectivity index (χ1) is 9.06. The number of ether oxygens (including phenoxy) is 1. The van der Waals surface area contributed by atoms with Crippen molar-refractivity contribution in [2.75, 3.05) is 0 Å². The molecule has 2 aliphatic rings. The smallest absolute Gasteiger partial charge is 0.116 e. The van der Waals surface area contributed by atoms with E-state index in [9.17, 15) is 10.4 Å². The topological polar surface area (TPSA) is 53.2 Å². The van der Waals surface area contributed by atoms with Gasteiger partial charge in [-0.05, 0) is 49.8 Å². The largest absolute Gasteiger partial charge is 0.387 e. The van der Waals surface area contributed by atoms with Crippen molar-refractivity contribution in [2.24, 2.45) is 5.41 Å². The van der Waals surface area contributed by atoms with Crippen LogP contribution in [0.2, 0.25) is 0 Å². The number of fused-ring (bicyclic) bond motifs is 2. The molecule has 0 aromatic heterocycles. The summed E-state index contributed by atoms with van der Waals surface area (Å²) in [5.41, 5.74) is 2.42. The fourth-order valence-corrected chi connectivity index (χ4v) is 3.44. The van der Waals surface area contributed by atoms with Gasteiger partial charge in [0.15, 0.2) is 0 Å². The van der Waals surface area contributed by atoms with Crippen molar-refractivity contribution < 1.29 is 9.84 Å². The molecule has 0 saturated carbocycles. The Morgan fingerprint density at radius 1 is 1.37 bits per heavy atom. The maximum Gasteiger partial charge on any atom is 0.116 e. The molecular formula is C16H19NO2. The number of hydrogen-bond donors (Lipinski definition) is 1. The third kappa shape index (κ3) is 1.79. The first-order valence-corrected chi connectivity index (χ1v) is 6.89. The predicted octanol–water partition coefficient (Wildman–Crippen LogP) is 2.80. The maximum atomic E-state index is 10.7. The molecule has 3 nitrogen and oxygen atoms in total. The minimum absolute atomic E-state index is 0.112. The Hall–Kier alpha value is -1.37. The Morgan fingerprint density at radius 2 is 2.16 bits per heavy atom. The van der Waals surface area contributed by atoms with Crippen LogP contribution in [0.1, 0.15) is 42.1 Å². The van der Waals surface area contributed by atoms with E-state index in [0.29, 0.717) is 6.42 Å². The lowest BCUT2D eigenvalue weighted by atomic mass is 9.69. The third-order valence-electron chi connectivity index (χ3n) is 4.79. The normalized spacial score (nSPS) is 34.2. The first-order valence-electron chi connectivity index (χ1n) is 6.89. The Bertz CT molecular complexity index is 548. The van der Waals surface area contributed by atoms with Gasteiger partial charge in [0.25, 0.3) is 0 Å². The molecule has 0 aliphatic carbocycles. The number of rotatable bonds is 2. The lowest BCUT2D eigenvalue weighted by Gasteiger charge is -2.33. The van der Waals surface area contributed by atoms with Gasteiger partial charge in [-0.15, -0.1) is 0 Å². The SMILES string of the molecule is Cc1ccc(C(O)C2(C#N)CC3CCC2O3)cc1C. The molecule has 1 aromatic carbocycles. The summed E-state index contributed by atoms with van der Waals surface area (Å²) in [7, 11) is 0. The van der Waals surface area contributed by atoms with Crippen LogP contribution in [-0.2, 0) is 4.74 Å². The van der Waals surface area contributed by atoms with Gasteiger partial charge in [-0.3, -0.25) is 0 Å². The summed E-state index contributed by atoms with van der Waals surface area (Å²) in [5.74, 6) is 0. The lowest BCUT2D eigenvalue weighted by molar-refractivity contribution is 0.00339. The van der Waals surface area contributed by atoms with Gasteiger partial charge in [0.1, 0.15) is 11.5 Å². The summed E-state index contributed by atoms with van der Waals surface area (Å²) in [6, 6.07) is 8.29. The van der Waals surface area contributed by atoms with Gasteiger partial charge in [-0.25, -0.2) is 0 Å². The van der Waals surface area contributed by atoms with Crippen LogP contribution < -0.4 is 0 Å². The number of benzene rings is 1. The molecule has 3 heteroatoms. The zero-order valence-electron chi connectivity index (χ0n) is 11.4. The van der Waals surface area contributed by atoms with Gasteiger partial charge in [0, 0.05) is 0 Å². The molecule has 2 aliphatic heterocycles. The fourth-order valence-electron chi connectivity index (χ4n) is 3.44. The van der Waals surface area contributed by atoms with Crippen LogP contribution in [-0.4, -0.2) is 17.3 Å². The van der Waals surface area contributed by atoms with Gasteiger partial charge in [0.2, 0.25) is 0 Å². The molecule has 3 rings (SSSR count). The highest BCUT2D eigenvalue weighted by Crippen LogP contribution is 2.53. The van der Waals surface area contributed by atoms with E-state index in [0.717, 1.165) is 24.0 Å². The van der Waals surface area contributed by atoms with E-state index in [2.05, 4.69) is 6.07 Å². The minimum Gasteiger partial charge on any atom is -0.387 e. The number of aliphatic hydroxyl groups excluding tert-OH is 1. The van der Waals surface area contributed by atoms with Gasteiger partial charge < -0.3 is 9.84 Å². The second kappa shape index (κ2) is 4.33. The predicted molar refractivity (Wildman–Crippen MR) is 71.4 cm³/mol. The summed E-state index contributed by atoms with van der Waals surface area (Å²) in [4.78, 5) is 0. The number of aryl methyl sites for hydroxylation is 2. The Labute approximate surface area is 113 Å². The van der Waals surface area contributed by atoms with Crippen LogP contribution >= 0.6 is 0 Å². The highest BCUT2D eigenvalue weighted by molar-refractivity contribution is 5.34. The number of hydrogen-bond acceptors (Lipinski definition) is 3. The van der Waals surface area contributed by atoms with E-state index in [-0.39, 0.29) is 12.2 Å². The van der Waals surface area contributed by atoms with Crippen LogP contribution in [0.5, 0.6) is 0 Å². The Morgan fingerprint density at radius 3 is 2.68 bits per heavy atom. The number of nitriles is 1. The lowest BCUT2D eigenvalue weighted by Crippen LogP contribution is -2.37. The number of aliphatic hydroxyl groups is 1. The molecule has 0 amide bonds. The summed E-state index contributed by atoms with van der Waals surface area (Å²) in [5, 5.41) is 20.3. The third-order valence-corrected chi connectivity index (χ3v) is 4.79. The van der Waals surface area contributed by atoms with Gasteiger partial charge in [-0.1, -0.05) is 18.2 Å². The van der Waals surface area contributed by atoms with E-state index >= 15 is 0 Å². The fraction of sp³-hybridized carbons (Fsp3) is 0.562. The molecular weight excluding hydrogens is 238 g/mol. The van der Waals surface area contributed by atoms with E-state index in [1.54, 1.807) is 0 Å². The molecule has 2 bridgehead atoms. The molecule has 2 fully saturated rings. The first kappa shape index (κ1) is 12.7. The van der Waals surface area contributed by atoms with Crippen LogP contribution in [0, 0.1) is 30.6 Å². The summed E-state index contributed by atoms with van der Waals surface area (Å²) in [6.45, 7) is 4.08. The molecule has 0 spiro atoms. The Kier molecular flexibility index (Phi) is 2.88. The van der Waals surface area contributed by atoms with Crippen molar-refractivity contribution in [1.29, 1.82) is 5.26 Å². The zero-order valence-corrected chi connectivity index (χ0v) is 11.4. The summed E-state index contributed by atoms with van der Waals surface area (Å²) >= 11 is 0. The minimum atomic E-state index is -0.759. The van der Waals surface area contributed by atoms with E-state index in [1.165, 1.54) is 5.56 Å². The van der Waals surface area contributed by atoms with E-state index < -0.39 is 11.5 Å². The summed E-state index contributed by atoms with van der Waals surface area (Å²) < 4.78 is 5.79. The molecule has 1 aromatic rings. The molecule has 19 heavy (non-hydrogen) atoms. The van der Waals surface area contributed by atoms with E-state index in [4.69, 9.17) is 4.74 Å². The molecule has 4 atom stereocenters. The molecule has 1 N–H and O–H groups in total. The molecule has 4 unspecified atom stereocenters. The second-order valence-electron chi connectivity index (χ2n) is 5.93. The van der Waals surface area contributed by atoms with Gasteiger partial charge >= 0.3 is 0 Å². The highest BCUT2D eigenvalue weighted by Gasteiger charge is 2.57. The van der Waals surface area contributed by atoms with Gasteiger partial charge in [-0.2, -0.15) is 5.26 Å². The second-order valence-corrected chi connectivity index (χ2v) is 5.93. The van der Waals surface area contributed by atoms with Crippen molar-refractivity contribution in [3.63, 3.8) is 0 Å². The quantitative estimate of drug-likeness (QED) is 0.886. The van der Waals surface area contributed by atoms with Crippen LogP contribution in [0.15, 0.2) is 18.2 Å². The van der Waals surface area contributed by atoms with Crippen molar-refractivity contribution in [1.82, 2.24) is 0 Å². The average Bonchev–Trinajstić information content (AvgIpc) is 3.02. The molecule has 0 radical (unpaired) electrons. The van der Waals surface area contributed by atoms with Gasteiger partial charge in [0.05, 0.1) is 18.3 Å². The number of nitrogens with zero attached hydrogens (tertiary/aromatic N) is 1. The highest BCUT2D eigenvalue weighted by atomic mass is 16.5. The zero-order chi connectivity index (χ0) is 13.6.